The lowest BCUT2D eigenvalue weighted by molar-refractivity contribution is 0.0977. The van der Waals surface area contributed by atoms with Gasteiger partial charge in [0.25, 0.3) is 0 Å². The number of nitrogens with zero attached hydrogens (tertiary/aromatic N) is 2. The molecule has 1 saturated carbocycles. The van der Waals surface area contributed by atoms with E-state index in [1.54, 1.807) is 18.2 Å². The van der Waals surface area contributed by atoms with Crippen molar-refractivity contribution in [1.29, 1.82) is 0 Å². The molecule has 0 saturated heterocycles. The van der Waals surface area contributed by atoms with Gasteiger partial charge in [0.15, 0.2) is 0 Å². The molecule has 1 fully saturated rings. The summed E-state index contributed by atoms with van der Waals surface area (Å²) < 4.78 is 22.7. The van der Waals surface area contributed by atoms with Crippen molar-refractivity contribution >= 4 is 0 Å². The molecule has 1 aromatic rings. The second kappa shape index (κ2) is 16.4. The maximum atomic E-state index is 11.9. The lowest BCUT2D eigenvalue weighted by Gasteiger charge is -2.27. The maximum absolute atomic E-state index is 11.9. The Hall–Kier alpha value is -1.00. The molecule has 22 heavy (non-hydrogen) atoms. The van der Waals surface area contributed by atoms with Crippen LogP contribution in [-0.4, -0.2) is 44.3 Å². The van der Waals surface area contributed by atoms with Gasteiger partial charge in [0.1, 0.15) is 5.82 Å². The van der Waals surface area contributed by atoms with Crippen molar-refractivity contribution in [2.45, 2.75) is 52.0 Å². The molecule has 0 heterocycles. The standard InChI is InChI=1S/C8H17N.C6H5F.C2H6FN.C2H6/c1-9(2)8-6-4-3-5-7-8;7-6-4-2-1-3-5-6;1-4(2)3;1-2/h8H,3-7H2,1-2H3;1-5H;1-2H3;1-2H3. The third kappa shape index (κ3) is 17.1. The minimum atomic E-state index is -0.178. The first-order valence-corrected chi connectivity index (χ1v) is 8.13. The molecule has 1 aliphatic rings. The summed E-state index contributed by atoms with van der Waals surface area (Å²) >= 11 is 0. The topological polar surface area (TPSA) is 6.48 Å². The molecule has 0 radical (unpaired) electrons. The van der Waals surface area contributed by atoms with E-state index >= 15 is 0 Å². The van der Waals surface area contributed by atoms with Crippen LogP contribution in [-0.2, 0) is 0 Å². The molecule has 0 aromatic heterocycles. The fourth-order valence-corrected chi connectivity index (χ4v) is 2.01. The lowest BCUT2D eigenvalue weighted by Crippen LogP contribution is -2.29. The lowest BCUT2D eigenvalue weighted by atomic mass is 9.95. The Kier molecular flexibility index (Phi) is 17.3. The molecule has 2 rings (SSSR count). The van der Waals surface area contributed by atoms with E-state index in [-0.39, 0.29) is 5.82 Å². The Balaban J connectivity index is 0. The smallest absolute Gasteiger partial charge is 0.123 e. The summed E-state index contributed by atoms with van der Waals surface area (Å²) in [5, 5.41) is 0.500. The van der Waals surface area contributed by atoms with Crippen LogP contribution in [0, 0.1) is 5.82 Å². The van der Waals surface area contributed by atoms with Gasteiger partial charge in [-0.2, -0.15) is 5.12 Å². The summed E-state index contributed by atoms with van der Waals surface area (Å²) in [6, 6.07) is 8.83. The zero-order valence-corrected chi connectivity index (χ0v) is 15.1. The maximum Gasteiger partial charge on any atom is 0.123 e. The highest BCUT2D eigenvalue weighted by atomic mass is 19.2. The minimum absolute atomic E-state index is 0.178. The van der Waals surface area contributed by atoms with Crippen LogP contribution in [0.25, 0.3) is 0 Å². The molecule has 0 atom stereocenters. The predicted octanol–water partition coefficient (Wildman–Crippen LogP) is 5.17. The van der Waals surface area contributed by atoms with Gasteiger partial charge in [0, 0.05) is 20.1 Å². The summed E-state index contributed by atoms with van der Waals surface area (Å²) in [6.45, 7) is 4.00. The van der Waals surface area contributed by atoms with E-state index in [1.807, 2.05) is 13.8 Å². The molecule has 2 nitrogen and oxygen atoms in total. The number of hydrogen-bond donors (Lipinski definition) is 0. The third-order valence-corrected chi connectivity index (χ3v) is 3.04. The molecule has 1 aromatic carbocycles. The first kappa shape index (κ1) is 23.3. The van der Waals surface area contributed by atoms with Crippen LogP contribution in [0.15, 0.2) is 30.3 Å². The zero-order chi connectivity index (χ0) is 17.4. The summed E-state index contributed by atoms with van der Waals surface area (Å²) in [7, 11) is 7.05. The molecule has 0 spiro atoms. The van der Waals surface area contributed by atoms with E-state index in [9.17, 15) is 8.87 Å². The van der Waals surface area contributed by atoms with Crippen molar-refractivity contribution in [2.75, 3.05) is 28.2 Å². The highest BCUT2D eigenvalue weighted by Gasteiger charge is 2.13. The summed E-state index contributed by atoms with van der Waals surface area (Å²) in [5.74, 6) is -0.178. The third-order valence-electron chi connectivity index (χ3n) is 3.04. The number of rotatable bonds is 1. The van der Waals surface area contributed by atoms with E-state index in [0.29, 0.717) is 5.12 Å². The van der Waals surface area contributed by atoms with Crippen molar-refractivity contribution in [3.8, 4) is 0 Å². The molecule has 0 unspecified atom stereocenters. The van der Waals surface area contributed by atoms with Crippen molar-refractivity contribution in [3.05, 3.63) is 36.1 Å². The second-order valence-electron chi connectivity index (χ2n) is 5.34. The highest BCUT2D eigenvalue weighted by Crippen LogP contribution is 2.20. The fraction of sp³-hybridized carbons (Fsp3) is 0.667. The highest BCUT2D eigenvalue weighted by molar-refractivity contribution is 5.02. The van der Waals surface area contributed by atoms with Gasteiger partial charge < -0.3 is 4.90 Å². The van der Waals surface area contributed by atoms with Crippen LogP contribution in [0.5, 0.6) is 0 Å². The predicted molar refractivity (Wildman–Crippen MR) is 93.1 cm³/mol. The number of hydrogen-bond acceptors (Lipinski definition) is 2. The molecule has 0 aliphatic heterocycles. The van der Waals surface area contributed by atoms with E-state index in [0.717, 1.165) is 6.04 Å². The molecule has 0 amide bonds. The van der Waals surface area contributed by atoms with Gasteiger partial charge in [-0.15, -0.1) is 4.48 Å². The van der Waals surface area contributed by atoms with Crippen molar-refractivity contribution in [3.63, 3.8) is 0 Å². The molecule has 1 aliphatic carbocycles. The first-order chi connectivity index (χ1) is 10.4. The summed E-state index contributed by atoms with van der Waals surface area (Å²) in [4.78, 5) is 2.36. The molecule has 130 valence electrons. The van der Waals surface area contributed by atoms with E-state index < -0.39 is 0 Å². The second-order valence-corrected chi connectivity index (χ2v) is 5.34. The fourth-order valence-electron chi connectivity index (χ4n) is 2.01. The Morgan fingerprint density at radius 1 is 0.864 bits per heavy atom. The molecule has 0 bridgehead atoms. The average Bonchev–Trinajstić information content (AvgIpc) is 2.51. The minimum Gasteiger partial charge on any atom is -0.306 e. The van der Waals surface area contributed by atoms with Gasteiger partial charge in [0.05, 0.1) is 0 Å². The SMILES string of the molecule is CC.CN(C)C1CCCCC1.CN(C)F.Fc1ccccc1. The van der Waals surface area contributed by atoms with Crippen LogP contribution in [0.3, 0.4) is 0 Å². The average molecular weight is 316 g/mol. The van der Waals surface area contributed by atoms with E-state index in [2.05, 4.69) is 19.0 Å². The summed E-state index contributed by atoms with van der Waals surface area (Å²) in [5.41, 5.74) is 0. The van der Waals surface area contributed by atoms with Crippen LogP contribution >= 0.6 is 0 Å². The van der Waals surface area contributed by atoms with Gasteiger partial charge in [-0.1, -0.05) is 51.3 Å². The van der Waals surface area contributed by atoms with Crippen molar-refractivity contribution < 1.29 is 8.87 Å². The molecule has 4 heteroatoms. The molecular weight excluding hydrogens is 282 g/mol. The number of halogens is 2. The Labute approximate surface area is 136 Å². The zero-order valence-electron chi connectivity index (χ0n) is 15.1. The Bertz CT molecular complexity index is 307. The normalized spacial score (nSPS) is 14.1. The van der Waals surface area contributed by atoms with Crippen molar-refractivity contribution in [2.24, 2.45) is 0 Å². The quantitative estimate of drug-likeness (QED) is 0.660. The number of benzene rings is 1. The van der Waals surface area contributed by atoms with Crippen LogP contribution in [0.2, 0.25) is 0 Å². The van der Waals surface area contributed by atoms with Crippen LogP contribution in [0.4, 0.5) is 8.87 Å². The van der Waals surface area contributed by atoms with E-state index in [4.69, 9.17) is 0 Å². The van der Waals surface area contributed by atoms with E-state index in [1.165, 1.54) is 58.3 Å². The van der Waals surface area contributed by atoms with Gasteiger partial charge in [0.2, 0.25) is 0 Å². The summed E-state index contributed by atoms with van der Waals surface area (Å²) in [6.07, 6.45) is 7.20. The van der Waals surface area contributed by atoms with Gasteiger partial charge in [-0.25, -0.2) is 4.39 Å². The van der Waals surface area contributed by atoms with Crippen molar-refractivity contribution in [1.82, 2.24) is 10.0 Å². The van der Waals surface area contributed by atoms with Gasteiger partial charge >= 0.3 is 0 Å². The Morgan fingerprint density at radius 3 is 1.50 bits per heavy atom. The Morgan fingerprint density at radius 2 is 1.27 bits per heavy atom. The first-order valence-electron chi connectivity index (χ1n) is 8.13. The molecule has 0 N–H and O–H groups in total. The van der Waals surface area contributed by atoms with Crippen LogP contribution < -0.4 is 0 Å². The monoisotopic (exact) mass is 316 g/mol. The van der Waals surface area contributed by atoms with Gasteiger partial charge in [-0.3, -0.25) is 0 Å². The van der Waals surface area contributed by atoms with Gasteiger partial charge in [-0.05, 0) is 39.1 Å². The molecular formula is C18H34F2N2. The largest absolute Gasteiger partial charge is 0.306 e. The van der Waals surface area contributed by atoms with Crippen LogP contribution in [0.1, 0.15) is 46.0 Å².